The van der Waals surface area contributed by atoms with Gasteiger partial charge in [0.1, 0.15) is 5.60 Å². The second kappa shape index (κ2) is 8.28. The minimum absolute atomic E-state index is 0.138. The van der Waals surface area contributed by atoms with Crippen molar-refractivity contribution in [3.63, 3.8) is 0 Å². The predicted octanol–water partition coefficient (Wildman–Crippen LogP) is 3.41. The molecule has 0 fully saturated rings. The standard InChI is InChI=1S/C19H26N4O5/c1-19(2,3)28-18(24)21(4)9-7-13-11-14(15-8-10-22(5)20-15)17(27-6)16(12-13)23(25)26/h8,10-12H,7,9H2,1-6H3. The second-order valence-corrected chi connectivity index (χ2v) is 7.48. The van der Waals surface area contributed by atoms with E-state index in [4.69, 9.17) is 9.47 Å². The fourth-order valence-corrected chi connectivity index (χ4v) is 2.64. The van der Waals surface area contributed by atoms with E-state index in [-0.39, 0.29) is 11.4 Å². The first-order valence-corrected chi connectivity index (χ1v) is 8.81. The van der Waals surface area contributed by atoms with E-state index in [1.54, 1.807) is 57.9 Å². The van der Waals surface area contributed by atoms with Crippen LogP contribution in [0.4, 0.5) is 10.5 Å². The van der Waals surface area contributed by atoms with Gasteiger partial charge in [-0.15, -0.1) is 0 Å². The van der Waals surface area contributed by atoms with Gasteiger partial charge in [0.05, 0.1) is 23.3 Å². The third kappa shape index (κ3) is 5.21. The Kier molecular flexibility index (Phi) is 6.27. The minimum atomic E-state index is -0.587. The summed E-state index contributed by atoms with van der Waals surface area (Å²) >= 11 is 0. The molecular formula is C19H26N4O5. The molecule has 2 aromatic rings. The Morgan fingerprint density at radius 2 is 2.04 bits per heavy atom. The molecule has 2 rings (SSSR count). The van der Waals surface area contributed by atoms with Crippen LogP contribution in [0.1, 0.15) is 26.3 Å². The van der Waals surface area contributed by atoms with Gasteiger partial charge in [-0.25, -0.2) is 4.79 Å². The highest BCUT2D eigenvalue weighted by molar-refractivity contribution is 5.74. The van der Waals surface area contributed by atoms with E-state index >= 15 is 0 Å². The number of ether oxygens (including phenoxy) is 2. The first-order chi connectivity index (χ1) is 13.0. The van der Waals surface area contributed by atoms with Crippen LogP contribution in [0, 0.1) is 10.1 Å². The predicted molar refractivity (Wildman–Crippen MR) is 104 cm³/mol. The summed E-state index contributed by atoms with van der Waals surface area (Å²) in [6.07, 6.45) is 1.73. The zero-order valence-corrected chi connectivity index (χ0v) is 17.1. The normalized spacial score (nSPS) is 11.2. The smallest absolute Gasteiger partial charge is 0.410 e. The molecule has 0 N–H and O–H groups in total. The van der Waals surface area contributed by atoms with Crippen molar-refractivity contribution >= 4 is 11.8 Å². The summed E-state index contributed by atoms with van der Waals surface area (Å²) in [6, 6.07) is 5.03. The fourth-order valence-electron chi connectivity index (χ4n) is 2.64. The van der Waals surface area contributed by atoms with Gasteiger partial charge < -0.3 is 14.4 Å². The number of nitro groups is 1. The molecule has 9 nitrogen and oxygen atoms in total. The summed E-state index contributed by atoms with van der Waals surface area (Å²) in [7, 11) is 4.79. The van der Waals surface area contributed by atoms with Crippen LogP contribution < -0.4 is 4.74 Å². The second-order valence-electron chi connectivity index (χ2n) is 7.48. The number of nitro benzene ring substituents is 1. The van der Waals surface area contributed by atoms with Crippen molar-refractivity contribution in [3.8, 4) is 17.0 Å². The zero-order chi connectivity index (χ0) is 21.1. The molecule has 0 bridgehead atoms. The molecule has 0 aliphatic carbocycles. The third-order valence-electron chi connectivity index (χ3n) is 3.96. The van der Waals surface area contributed by atoms with Crippen molar-refractivity contribution in [2.75, 3.05) is 20.7 Å². The Balaban J connectivity index is 2.31. The monoisotopic (exact) mass is 390 g/mol. The first-order valence-electron chi connectivity index (χ1n) is 8.81. The lowest BCUT2D eigenvalue weighted by molar-refractivity contribution is -0.385. The highest BCUT2D eigenvalue weighted by Crippen LogP contribution is 2.38. The summed E-state index contributed by atoms with van der Waals surface area (Å²) in [4.78, 5) is 24.6. The van der Waals surface area contributed by atoms with E-state index in [0.29, 0.717) is 29.8 Å². The van der Waals surface area contributed by atoms with Gasteiger partial charge in [-0.2, -0.15) is 5.10 Å². The number of amides is 1. The lowest BCUT2D eigenvalue weighted by Gasteiger charge is -2.24. The fraction of sp³-hybridized carbons (Fsp3) is 0.474. The molecule has 0 aliphatic rings. The van der Waals surface area contributed by atoms with Crippen LogP contribution >= 0.6 is 0 Å². The first kappa shape index (κ1) is 21.2. The lowest BCUT2D eigenvalue weighted by atomic mass is 10.0. The maximum atomic E-state index is 12.1. The summed E-state index contributed by atoms with van der Waals surface area (Å²) in [5.74, 6) is 0.160. The molecule has 28 heavy (non-hydrogen) atoms. The molecule has 0 aliphatic heterocycles. The average Bonchev–Trinajstić information content (AvgIpc) is 3.03. The molecule has 152 valence electrons. The molecule has 1 amide bonds. The van der Waals surface area contributed by atoms with Crippen LogP contribution in [0.15, 0.2) is 24.4 Å². The highest BCUT2D eigenvalue weighted by Gasteiger charge is 2.24. The van der Waals surface area contributed by atoms with Gasteiger partial charge in [0.25, 0.3) is 0 Å². The zero-order valence-electron chi connectivity index (χ0n) is 17.1. The molecular weight excluding hydrogens is 364 g/mol. The maximum Gasteiger partial charge on any atom is 0.410 e. The van der Waals surface area contributed by atoms with Gasteiger partial charge in [-0.3, -0.25) is 14.8 Å². The molecule has 0 atom stereocenters. The molecule has 1 aromatic carbocycles. The summed E-state index contributed by atoms with van der Waals surface area (Å²) in [6.45, 7) is 5.74. The molecule has 0 saturated heterocycles. The number of hydrogen-bond donors (Lipinski definition) is 0. The molecule has 0 saturated carbocycles. The van der Waals surface area contributed by atoms with Crippen LogP contribution in [-0.4, -0.2) is 52.0 Å². The lowest BCUT2D eigenvalue weighted by Crippen LogP contribution is -2.35. The van der Waals surface area contributed by atoms with Gasteiger partial charge in [-0.1, -0.05) is 0 Å². The van der Waals surface area contributed by atoms with Crippen molar-refractivity contribution in [2.45, 2.75) is 32.8 Å². The molecule has 9 heteroatoms. The van der Waals surface area contributed by atoms with Crippen molar-refractivity contribution in [3.05, 3.63) is 40.1 Å². The van der Waals surface area contributed by atoms with Gasteiger partial charge in [-0.05, 0) is 44.9 Å². The number of aromatic nitrogens is 2. The SMILES string of the molecule is COc1c(-c2ccn(C)n2)cc(CCN(C)C(=O)OC(C)(C)C)cc1[N+](=O)[O-]. The van der Waals surface area contributed by atoms with Crippen LogP contribution in [-0.2, 0) is 18.2 Å². The largest absolute Gasteiger partial charge is 0.490 e. The highest BCUT2D eigenvalue weighted by atomic mass is 16.6. The van der Waals surface area contributed by atoms with Crippen molar-refractivity contribution in [2.24, 2.45) is 7.05 Å². The number of methoxy groups -OCH3 is 1. The Bertz CT molecular complexity index is 870. The molecule has 1 aromatic heterocycles. The molecule has 0 unspecified atom stereocenters. The van der Waals surface area contributed by atoms with E-state index in [1.807, 2.05) is 0 Å². The number of nitrogens with zero attached hydrogens (tertiary/aromatic N) is 4. The van der Waals surface area contributed by atoms with E-state index in [0.717, 1.165) is 0 Å². The maximum absolute atomic E-state index is 12.1. The van der Waals surface area contributed by atoms with Gasteiger partial charge in [0.15, 0.2) is 0 Å². The Hall–Kier alpha value is -3.10. The number of likely N-dealkylation sites (N-methyl/N-ethyl adjacent to an activating group) is 1. The summed E-state index contributed by atoms with van der Waals surface area (Å²) < 4.78 is 12.2. The molecule has 0 radical (unpaired) electrons. The Morgan fingerprint density at radius 3 is 2.54 bits per heavy atom. The van der Waals surface area contributed by atoms with Gasteiger partial charge in [0, 0.05) is 32.9 Å². The van der Waals surface area contributed by atoms with Crippen molar-refractivity contribution < 1.29 is 19.2 Å². The average molecular weight is 390 g/mol. The van der Waals surface area contributed by atoms with Crippen molar-refractivity contribution in [1.82, 2.24) is 14.7 Å². The quantitative estimate of drug-likeness (QED) is 0.553. The van der Waals surface area contributed by atoms with E-state index < -0.39 is 16.6 Å². The van der Waals surface area contributed by atoms with Crippen molar-refractivity contribution in [1.29, 1.82) is 0 Å². The van der Waals surface area contributed by atoms with E-state index in [1.165, 1.54) is 18.1 Å². The topological polar surface area (TPSA) is 99.7 Å². The summed E-state index contributed by atoms with van der Waals surface area (Å²) in [5.41, 5.74) is 1.08. The number of rotatable bonds is 6. The summed E-state index contributed by atoms with van der Waals surface area (Å²) in [5, 5.41) is 15.9. The van der Waals surface area contributed by atoms with Crippen LogP contribution in [0.2, 0.25) is 0 Å². The Labute approximate surface area is 164 Å². The van der Waals surface area contributed by atoms with Gasteiger partial charge >= 0.3 is 11.8 Å². The minimum Gasteiger partial charge on any atom is -0.490 e. The van der Waals surface area contributed by atoms with E-state index in [9.17, 15) is 14.9 Å². The number of carbonyl (C=O) groups excluding carboxylic acids is 1. The van der Waals surface area contributed by atoms with Crippen LogP contribution in [0.25, 0.3) is 11.3 Å². The number of hydrogen-bond acceptors (Lipinski definition) is 6. The number of aryl methyl sites for hydroxylation is 1. The van der Waals surface area contributed by atoms with Crippen LogP contribution in [0.5, 0.6) is 5.75 Å². The Morgan fingerprint density at radius 1 is 1.36 bits per heavy atom. The van der Waals surface area contributed by atoms with Crippen LogP contribution in [0.3, 0.4) is 0 Å². The molecule has 0 spiro atoms. The third-order valence-corrected chi connectivity index (χ3v) is 3.96. The molecule has 1 heterocycles. The number of benzene rings is 1. The van der Waals surface area contributed by atoms with E-state index in [2.05, 4.69) is 5.10 Å². The number of carbonyl (C=O) groups is 1. The van der Waals surface area contributed by atoms with Gasteiger partial charge in [0.2, 0.25) is 5.75 Å².